The molecule has 0 heterocycles. The van der Waals surface area contributed by atoms with Crippen LogP contribution < -0.4 is 99.1 Å². The molecule has 0 aliphatic heterocycles. The quantitative estimate of drug-likeness (QED) is 0.0486. The molecule has 0 atom stereocenters. The molecule has 0 spiro atoms. The molecule has 0 amide bonds. The molecular weight excluding hydrogens is 985 g/mol. The van der Waals surface area contributed by atoms with Crippen molar-refractivity contribution in [3.05, 3.63) is 137 Å². The van der Waals surface area contributed by atoms with Gasteiger partial charge in [-0.2, -0.15) is 40.0 Å². The van der Waals surface area contributed by atoms with Crippen LogP contribution in [0.3, 0.4) is 0 Å². The van der Waals surface area contributed by atoms with E-state index in [2.05, 4.69) is 38.8 Å². The number of hydrogen-bond donors (Lipinski definition) is 5. The third kappa shape index (κ3) is 16.4. The van der Waals surface area contributed by atoms with Gasteiger partial charge in [0.1, 0.15) is 43.1 Å². The number of sulfonamides is 1. The van der Waals surface area contributed by atoms with Crippen LogP contribution in [0.25, 0.3) is 10.8 Å². The van der Waals surface area contributed by atoms with Crippen LogP contribution in [0.1, 0.15) is 12.0 Å². The van der Waals surface area contributed by atoms with E-state index < -0.39 is 40.9 Å². The number of aromatic hydroxyl groups is 3. The normalized spacial score (nSPS) is 13.6. The number of allylic oxidation sites excluding steroid dienone is 8. The van der Waals surface area contributed by atoms with Gasteiger partial charge in [-0.05, 0) is 58.9 Å². The topological polar surface area (TPSA) is 297 Å². The molecule has 1 radical (unpaired) electrons. The van der Waals surface area contributed by atoms with E-state index in [1.165, 1.54) is 37.4 Å². The van der Waals surface area contributed by atoms with Gasteiger partial charge in [0.2, 0.25) is 10.0 Å². The van der Waals surface area contributed by atoms with E-state index in [1.807, 2.05) is 6.08 Å². The molecule has 4 aromatic carbocycles. The fourth-order valence-electron chi connectivity index (χ4n) is 5.26. The standard InChI is InChI=1S/C29H24N4O7S2.C7H8N2O4S.2Cu.3Na/c1-17-12-23(42(38,39)40)7-3-21-14-19(17)4-9-25(21)31-22-6-8-24-20(15-22)5-10-26(29(24)35)32-33-27-13-18(2-11-28(27)34)16-41(30,36)37;1-8-9-6-4-5(14(11,12)13)2-3-7(6)10;;;;;/h2-9,11-13,15,31,34-35H,1,14,16H2,(H2,30,36,37)(H,38,39,40);2-4,10H,1H3,(H,11,12,13);;;;;/q-2;;;4*+1/p-2. The molecule has 61 heavy (non-hydrogen) atoms. The number of nitrogens with two attached hydrogens (primary N) is 1. The molecule has 0 unspecified atom stereocenters. The molecule has 0 fully saturated rings. The first-order chi connectivity index (χ1) is 26.2. The van der Waals surface area contributed by atoms with Gasteiger partial charge in [0.15, 0.2) is 0 Å². The summed E-state index contributed by atoms with van der Waals surface area (Å²) in [5.41, 5.74) is 3.58. The Labute approximate surface area is 439 Å². The molecule has 2 aliphatic rings. The van der Waals surface area contributed by atoms with E-state index in [4.69, 9.17) is 5.14 Å². The number of benzene rings is 4. The number of anilines is 1. The summed E-state index contributed by atoms with van der Waals surface area (Å²) >= 11 is 0. The van der Waals surface area contributed by atoms with Crippen molar-refractivity contribution < 1.29 is 172 Å². The van der Waals surface area contributed by atoms with Gasteiger partial charge in [-0.25, -0.2) is 30.4 Å². The number of phenols is 3. The van der Waals surface area contributed by atoms with Crippen LogP contribution in [-0.2, 0) is 70.1 Å². The first-order valence-electron chi connectivity index (χ1n) is 15.8. The van der Waals surface area contributed by atoms with E-state index in [9.17, 15) is 49.7 Å². The van der Waals surface area contributed by atoms with E-state index in [-0.39, 0.29) is 162 Å². The first kappa shape index (κ1) is 58.9. The Morgan fingerprint density at radius 2 is 1.43 bits per heavy atom. The molecule has 6 rings (SSSR count). The minimum atomic E-state index is -4.67. The van der Waals surface area contributed by atoms with Crippen LogP contribution in [0.2, 0.25) is 0 Å². The van der Waals surface area contributed by atoms with E-state index in [0.29, 0.717) is 39.7 Å². The molecular formula is C36H30Cu2N6Na3O11S3. The smallest absolute Gasteiger partial charge is 0.745 e. The van der Waals surface area contributed by atoms with Crippen molar-refractivity contribution in [3.63, 3.8) is 0 Å². The summed E-state index contributed by atoms with van der Waals surface area (Å²) < 4.78 is 89.4. The Morgan fingerprint density at radius 3 is 2.03 bits per heavy atom. The molecule has 17 nitrogen and oxygen atoms in total. The minimum Gasteiger partial charge on any atom is -0.745 e. The predicted octanol–water partition coefficient (Wildman–Crippen LogP) is -2.97. The van der Waals surface area contributed by atoms with Gasteiger partial charge in [0.05, 0.1) is 10.6 Å². The Bertz CT molecular complexity index is 2840. The summed E-state index contributed by atoms with van der Waals surface area (Å²) in [5, 5.41) is 54.3. The number of primary sulfonamides is 1. The Balaban J connectivity index is 0.00000163. The average molecular weight is 1010 g/mol. The molecule has 2 aliphatic carbocycles. The van der Waals surface area contributed by atoms with Crippen LogP contribution in [0, 0.1) is 13.0 Å². The van der Waals surface area contributed by atoms with Crippen molar-refractivity contribution >= 4 is 63.8 Å². The zero-order chi connectivity index (χ0) is 41.0. The second kappa shape index (κ2) is 24.8. The third-order valence-electron chi connectivity index (χ3n) is 7.93. The van der Waals surface area contributed by atoms with Crippen molar-refractivity contribution in [2.24, 2.45) is 25.6 Å². The summed E-state index contributed by atoms with van der Waals surface area (Å²) in [7, 11) is -11.6. The maximum atomic E-state index is 11.6. The number of rotatable bonds is 9. The summed E-state index contributed by atoms with van der Waals surface area (Å²) in [5.74, 6) is -1.13. The van der Waals surface area contributed by atoms with Crippen molar-refractivity contribution in [1.29, 1.82) is 0 Å². The Hall–Kier alpha value is -2.12. The summed E-state index contributed by atoms with van der Waals surface area (Å²) in [6.07, 6.45) is 8.23. The van der Waals surface area contributed by atoms with Crippen LogP contribution in [0.5, 0.6) is 17.2 Å². The van der Waals surface area contributed by atoms with Gasteiger partial charge < -0.3 is 29.7 Å². The molecule has 4 aromatic rings. The van der Waals surface area contributed by atoms with E-state index in [1.54, 1.807) is 36.4 Å². The second-order valence-electron chi connectivity index (χ2n) is 12.0. The average Bonchev–Trinajstić information content (AvgIpc) is 3.10. The van der Waals surface area contributed by atoms with Gasteiger partial charge >= 0.3 is 106 Å². The van der Waals surface area contributed by atoms with Gasteiger partial charge in [-0.3, -0.25) is 0 Å². The van der Waals surface area contributed by atoms with Crippen molar-refractivity contribution in [1.82, 2.24) is 0 Å². The first-order valence-corrected chi connectivity index (χ1v) is 20.3. The predicted molar refractivity (Wildman–Crippen MR) is 204 cm³/mol. The Kier molecular flexibility index (Phi) is 23.9. The van der Waals surface area contributed by atoms with E-state index in [0.717, 1.165) is 29.3 Å². The maximum Gasteiger partial charge on any atom is 1.00 e. The third-order valence-corrected chi connectivity index (χ3v) is 10.3. The minimum absolute atomic E-state index is 0. The van der Waals surface area contributed by atoms with Gasteiger partial charge in [-0.1, -0.05) is 41.8 Å². The van der Waals surface area contributed by atoms with Gasteiger partial charge in [-0.15, -0.1) is 28.2 Å². The number of phenolic OH excluding ortho intramolecular Hbond substituents is 3. The molecule has 313 valence electrons. The van der Waals surface area contributed by atoms with Gasteiger partial charge in [0, 0.05) is 46.9 Å². The molecule has 25 heteroatoms. The number of azo groups is 2. The van der Waals surface area contributed by atoms with Crippen LogP contribution >= 0.6 is 0 Å². The van der Waals surface area contributed by atoms with Gasteiger partial charge in [0.25, 0.3) is 0 Å². The summed E-state index contributed by atoms with van der Waals surface area (Å²) in [4.78, 5) is -0.814. The molecule has 6 N–H and O–H groups in total. The van der Waals surface area contributed by atoms with Crippen molar-refractivity contribution in [3.8, 4) is 17.2 Å². The molecule has 0 saturated heterocycles. The van der Waals surface area contributed by atoms with Crippen LogP contribution in [-0.4, -0.2) is 56.7 Å². The Morgan fingerprint density at radius 1 is 0.803 bits per heavy atom. The van der Waals surface area contributed by atoms with Crippen molar-refractivity contribution in [2.45, 2.75) is 17.1 Å². The summed E-state index contributed by atoms with van der Waals surface area (Å²) in [6, 6.07) is 16.7. The van der Waals surface area contributed by atoms with Crippen LogP contribution in [0.4, 0.5) is 22.7 Å². The molecule has 2 bridgehead atoms. The maximum absolute atomic E-state index is 11.6. The molecule has 0 saturated carbocycles. The number of hydrogen-bond acceptors (Lipinski definition) is 16. The zero-order valence-corrected chi connectivity index (χ0v) is 42.9. The number of nitrogens with zero attached hydrogens (tertiary/aromatic N) is 4. The number of fused-ring (bicyclic) bond motifs is 3. The monoisotopic (exact) mass is 1010 g/mol. The zero-order valence-electron chi connectivity index (χ0n) is 32.6. The largest absolute Gasteiger partial charge is 1.00 e. The second-order valence-corrected chi connectivity index (χ2v) is 16.4. The number of nitrogens with one attached hydrogen (secondary N) is 1. The fraction of sp³-hybridized carbons (Fsp3) is 0.0833. The van der Waals surface area contributed by atoms with E-state index >= 15 is 0 Å². The SMILES string of the molecule is CN=Nc1cc(S(=O)(=O)[O-])ccc1O.[CH2-]C1=C2C=CC(Nc3ccc4c(O)c(N=Nc5cc(CS(N)(=O)=O)ccc5O)[c-]cc4c3)=C(C=CC(S(=O)(=O)[O-])=C1)C2.[Cu+].[Cu].[Na+].[Na+].[Na+]. The summed E-state index contributed by atoms with van der Waals surface area (Å²) in [6.45, 7) is 3.88. The van der Waals surface area contributed by atoms with Crippen molar-refractivity contribution in [2.75, 3.05) is 12.4 Å². The fourth-order valence-corrected chi connectivity index (χ4v) is 6.92. The van der Waals surface area contributed by atoms with Crippen LogP contribution in [0.15, 0.2) is 144 Å². The molecule has 0 aromatic heterocycles.